The first-order valence-corrected chi connectivity index (χ1v) is 7.03. The molecule has 17 heavy (non-hydrogen) atoms. The number of hydrogen-bond donors (Lipinski definition) is 1. The molecule has 1 nitrogen and oxygen atoms in total. The van der Waals surface area contributed by atoms with E-state index in [1.165, 1.54) is 6.42 Å². The van der Waals surface area contributed by atoms with Crippen molar-refractivity contribution < 1.29 is 4.39 Å². The Labute approximate surface area is 111 Å². The minimum Gasteiger partial charge on any atom is -0.316 e. The maximum absolute atomic E-state index is 13.4. The number of rotatable bonds is 5. The van der Waals surface area contributed by atoms with Crippen molar-refractivity contribution in [2.24, 2.45) is 11.8 Å². The number of benzene rings is 1. The molecule has 1 fully saturated rings. The summed E-state index contributed by atoms with van der Waals surface area (Å²) in [7, 11) is 0. The molecular formula is C14H19BrFN. The lowest BCUT2D eigenvalue weighted by Crippen LogP contribution is -2.22. The van der Waals surface area contributed by atoms with E-state index in [0.29, 0.717) is 22.2 Å². The highest BCUT2D eigenvalue weighted by Gasteiger charge is 2.37. The molecule has 0 spiro atoms. The minimum atomic E-state index is -0.150. The van der Waals surface area contributed by atoms with Crippen LogP contribution >= 0.6 is 15.9 Å². The van der Waals surface area contributed by atoms with Gasteiger partial charge in [-0.3, -0.25) is 0 Å². The van der Waals surface area contributed by atoms with Gasteiger partial charge in [0.2, 0.25) is 0 Å². The SMILES string of the molecule is CC(C)CNCC1CC1c1ccc(Br)c(F)c1. The van der Waals surface area contributed by atoms with Crippen molar-refractivity contribution in [2.75, 3.05) is 13.1 Å². The van der Waals surface area contributed by atoms with Crippen LogP contribution < -0.4 is 5.32 Å². The molecule has 0 heterocycles. The first-order valence-electron chi connectivity index (χ1n) is 6.23. The quantitative estimate of drug-likeness (QED) is 0.868. The molecule has 3 heteroatoms. The van der Waals surface area contributed by atoms with Crippen LogP contribution in [0.2, 0.25) is 0 Å². The van der Waals surface area contributed by atoms with Gasteiger partial charge in [0, 0.05) is 0 Å². The fourth-order valence-electron chi connectivity index (χ4n) is 2.18. The summed E-state index contributed by atoms with van der Waals surface area (Å²) >= 11 is 3.18. The summed E-state index contributed by atoms with van der Waals surface area (Å²) in [5.74, 6) is 1.78. The first kappa shape index (κ1) is 13.0. The van der Waals surface area contributed by atoms with Crippen LogP contribution in [-0.4, -0.2) is 13.1 Å². The predicted molar refractivity (Wildman–Crippen MR) is 72.7 cm³/mol. The molecule has 1 aliphatic rings. The molecule has 2 atom stereocenters. The Balaban J connectivity index is 1.83. The monoisotopic (exact) mass is 299 g/mol. The first-order chi connectivity index (χ1) is 8.08. The molecular weight excluding hydrogens is 281 g/mol. The zero-order chi connectivity index (χ0) is 12.4. The van der Waals surface area contributed by atoms with Crippen LogP contribution in [0.3, 0.4) is 0 Å². The third-order valence-corrected chi connectivity index (χ3v) is 3.90. The number of hydrogen-bond acceptors (Lipinski definition) is 1. The molecule has 0 bridgehead atoms. The lowest BCUT2D eigenvalue weighted by Gasteiger charge is -2.07. The molecule has 2 rings (SSSR count). The Morgan fingerprint density at radius 1 is 1.47 bits per heavy atom. The van der Waals surface area contributed by atoms with Gasteiger partial charge in [0.15, 0.2) is 0 Å². The third kappa shape index (κ3) is 3.52. The van der Waals surface area contributed by atoms with Crippen molar-refractivity contribution in [3.05, 3.63) is 34.1 Å². The van der Waals surface area contributed by atoms with Crippen LogP contribution in [0.25, 0.3) is 0 Å². The van der Waals surface area contributed by atoms with Gasteiger partial charge in [0.25, 0.3) is 0 Å². The normalized spacial score (nSPS) is 23.1. The maximum atomic E-state index is 13.4. The van der Waals surface area contributed by atoms with Gasteiger partial charge in [-0.25, -0.2) is 4.39 Å². The van der Waals surface area contributed by atoms with Crippen LogP contribution in [0.4, 0.5) is 4.39 Å². The van der Waals surface area contributed by atoms with Crippen molar-refractivity contribution >= 4 is 15.9 Å². The minimum absolute atomic E-state index is 0.150. The molecule has 0 aliphatic heterocycles. The Bertz CT molecular complexity index is 392. The van der Waals surface area contributed by atoms with Gasteiger partial charge >= 0.3 is 0 Å². The fraction of sp³-hybridized carbons (Fsp3) is 0.571. The molecule has 0 radical (unpaired) electrons. The van der Waals surface area contributed by atoms with Gasteiger partial charge in [0.1, 0.15) is 5.82 Å². The maximum Gasteiger partial charge on any atom is 0.137 e. The second-order valence-corrected chi connectivity index (χ2v) is 6.18. The van der Waals surface area contributed by atoms with Crippen LogP contribution in [0.15, 0.2) is 22.7 Å². The van der Waals surface area contributed by atoms with Gasteiger partial charge in [-0.2, -0.15) is 0 Å². The van der Waals surface area contributed by atoms with E-state index in [2.05, 4.69) is 35.1 Å². The van der Waals surface area contributed by atoms with E-state index in [9.17, 15) is 4.39 Å². The Morgan fingerprint density at radius 2 is 2.24 bits per heavy atom. The van der Waals surface area contributed by atoms with Gasteiger partial charge in [0.05, 0.1) is 4.47 Å². The molecule has 0 aromatic heterocycles. The van der Waals surface area contributed by atoms with Crippen molar-refractivity contribution in [2.45, 2.75) is 26.2 Å². The van der Waals surface area contributed by atoms with Crippen molar-refractivity contribution in [1.29, 1.82) is 0 Å². The molecule has 1 saturated carbocycles. The van der Waals surface area contributed by atoms with Crippen LogP contribution in [0.5, 0.6) is 0 Å². The van der Waals surface area contributed by atoms with Crippen LogP contribution in [-0.2, 0) is 0 Å². The molecule has 1 aromatic rings. The average molecular weight is 300 g/mol. The summed E-state index contributed by atoms with van der Waals surface area (Å²) in [4.78, 5) is 0. The summed E-state index contributed by atoms with van der Waals surface area (Å²) in [5, 5.41) is 3.47. The lowest BCUT2D eigenvalue weighted by molar-refractivity contribution is 0.532. The highest BCUT2D eigenvalue weighted by Crippen LogP contribution is 2.47. The fourth-order valence-corrected chi connectivity index (χ4v) is 2.43. The molecule has 0 saturated heterocycles. The highest BCUT2D eigenvalue weighted by molar-refractivity contribution is 9.10. The van der Waals surface area contributed by atoms with E-state index in [-0.39, 0.29) is 5.82 Å². The smallest absolute Gasteiger partial charge is 0.137 e. The number of nitrogens with one attached hydrogen (secondary N) is 1. The average Bonchev–Trinajstić information content (AvgIpc) is 3.01. The molecule has 1 aliphatic carbocycles. The van der Waals surface area contributed by atoms with E-state index in [0.717, 1.165) is 18.7 Å². The van der Waals surface area contributed by atoms with Crippen molar-refractivity contribution in [3.8, 4) is 0 Å². The zero-order valence-corrected chi connectivity index (χ0v) is 11.9. The topological polar surface area (TPSA) is 12.0 Å². The summed E-state index contributed by atoms with van der Waals surface area (Å²) < 4.78 is 13.9. The Kier molecular flexibility index (Phi) is 4.21. The second-order valence-electron chi connectivity index (χ2n) is 5.33. The number of halogens is 2. The van der Waals surface area contributed by atoms with E-state index >= 15 is 0 Å². The van der Waals surface area contributed by atoms with E-state index in [1.54, 1.807) is 6.07 Å². The van der Waals surface area contributed by atoms with Gasteiger partial charge < -0.3 is 5.32 Å². The van der Waals surface area contributed by atoms with E-state index in [4.69, 9.17) is 0 Å². The molecule has 1 aromatic carbocycles. The van der Waals surface area contributed by atoms with Crippen molar-refractivity contribution in [1.82, 2.24) is 5.32 Å². The Morgan fingerprint density at radius 3 is 2.88 bits per heavy atom. The van der Waals surface area contributed by atoms with Gasteiger partial charge in [-0.15, -0.1) is 0 Å². The summed E-state index contributed by atoms with van der Waals surface area (Å²) in [6.45, 7) is 6.54. The zero-order valence-electron chi connectivity index (χ0n) is 10.3. The van der Waals surface area contributed by atoms with Crippen LogP contribution in [0.1, 0.15) is 31.7 Å². The second kappa shape index (κ2) is 5.49. The third-order valence-electron chi connectivity index (χ3n) is 3.25. The standard InChI is InChI=1S/C14H19BrFN/c1-9(2)7-17-8-11-5-12(11)10-3-4-13(15)14(16)6-10/h3-4,6,9,11-12,17H,5,7-8H2,1-2H3. The summed E-state index contributed by atoms with van der Waals surface area (Å²) in [5.41, 5.74) is 1.14. The molecule has 0 amide bonds. The predicted octanol–water partition coefficient (Wildman–Crippen LogP) is 3.94. The molecule has 1 N–H and O–H groups in total. The molecule has 2 unspecified atom stereocenters. The lowest BCUT2D eigenvalue weighted by atomic mass is 10.1. The highest BCUT2D eigenvalue weighted by atomic mass is 79.9. The summed E-state index contributed by atoms with van der Waals surface area (Å²) in [6, 6.07) is 5.50. The van der Waals surface area contributed by atoms with Gasteiger partial charge in [-0.1, -0.05) is 19.9 Å². The van der Waals surface area contributed by atoms with Gasteiger partial charge in [-0.05, 0) is 70.9 Å². The van der Waals surface area contributed by atoms with E-state index in [1.807, 2.05) is 12.1 Å². The van der Waals surface area contributed by atoms with Crippen LogP contribution in [0, 0.1) is 17.7 Å². The largest absolute Gasteiger partial charge is 0.316 e. The van der Waals surface area contributed by atoms with E-state index < -0.39 is 0 Å². The summed E-state index contributed by atoms with van der Waals surface area (Å²) in [6.07, 6.45) is 1.19. The van der Waals surface area contributed by atoms with Crippen molar-refractivity contribution in [3.63, 3.8) is 0 Å². The Hall–Kier alpha value is -0.410. The molecule has 94 valence electrons.